The molecule has 11 heavy (non-hydrogen) atoms. The van der Waals surface area contributed by atoms with Crippen molar-refractivity contribution in [1.29, 1.82) is 0 Å². The van der Waals surface area contributed by atoms with Crippen LogP contribution in [0, 0.1) is 0 Å². The van der Waals surface area contributed by atoms with E-state index in [4.69, 9.17) is 0 Å². The van der Waals surface area contributed by atoms with Crippen molar-refractivity contribution in [2.24, 2.45) is 0 Å². The van der Waals surface area contributed by atoms with Crippen molar-refractivity contribution in [1.82, 2.24) is 4.90 Å². The molecule has 0 aliphatic heterocycles. The second-order valence-corrected chi connectivity index (χ2v) is 2.58. The number of carbonyl (C=O) groups excluding carboxylic acids is 1. The van der Waals surface area contributed by atoms with Crippen molar-refractivity contribution < 1.29 is 4.79 Å². The van der Waals surface area contributed by atoms with Crippen molar-refractivity contribution in [3.05, 3.63) is 25.3 Å². The van der Waals surface area contributed by atoms with Gasteiger partial charge in [-0.3, -0.25) is 4.79 Å². The van der Waals surface area contributed by atoms with Gasteiger partial charge in [0.1, 0.15) is 0 Å². The molecule has 0 radical (unpaired) electrons. The largest absolute Gasteiger partial charge is 0.333 e. The van der Waals surface area contributed by atoms with Gasteiger partial charge in [-0.2, -0.15) is 0 Å². The van der Waals surface area contributed by atoms with E-state index in [1.807, 2.05) is 13.8 Å². The molecule has 0 heterocycles. The molecule has 0 aromatic heterocycles. The quantitative estimate of drug-likeness (QED) is 0.443. The fraction of sp³-hybridized carbons (Fsp3) is 0.444. The molecule has 0 saturated carbocycles. The number of nitrogens with zero attached hydrogens (tertiary/aromatic N) is 1. The lowest BCUT2D eigenvalue weighted by Crippen LogP contribution is -2.35. The summed E-state index contributed by atoms with van der Waals surface area (Å²) in [6, 6.07) is 0.207. The molecule has 62 valence electrons. The van der Waals surface area contributed by atoms with Crippen LogP contribution >= 0.6 is 0 Å². The van der Waals surface area contributed by atoms with Crippen LogP contribution in [-0.2, 0) is 4.79 Å². The van der Waals surface area contributed by atoms with Crippen molar-refractivity contribution in [2.75, 3.05) is 6.54 Å². The Morgan fingerprint density at radius 2 is 2.09 bits per heavy atom. The highest BCUT2D eigenvalue weighted by Gasteiger charge is 2.10. The number of carbonyl (C=O) groups is 1. The minimum Gasteiger partial charge on any atom is -0.333 e. The molecule has 0 N–H and O–H groups in total. The van der Waals surface area contributed by atoms with E-state index in [-0.39, 0.29) is 11.9 Å². The Morgan fingerprint density at radius 1 is 1.55 bits per heavy atom. The third-order valence-corrected chi connectivity index (χ3v) is 1.41. The maximum atomic E-state index is 11.1. The summed E-state index contributed by atoms with van der Waals surface area (Å²) in [5.74, 6) is -0.0418. The Labute approximate surface area is 68.2 Å². The molecule has 2 nitrogen and oxygen atoms in total. The van der Waals surface area contributed by atoms with Gasteiger partial charge >= 0.3 is 0 Å². The van der Waals surface area contributed by atoms with Gasteiger partial charge < -0.3 is 4.90 Å². The van der Waals surface area contributed by atoms with Crippen LogP contribution in [-0.4, -0.2) is 23.4 Å². The van der Waals surface area contributed by atoms with E-state index in [2.05, 4.69) is 13.2 Å². The van der Waals surface area contributed by atoms with Crippen molar-refractivity contribution in [3.8, 4) is 0 Å². The Morgan fingerprint density at radius 3 is 2.36 bits per heavy atom. The van der Waals surface area contributed by atoms with Crippen LogP contribution in [0.1, 0.15) is 13.8 Å². The van der Waals surface area contributed by atoms with Crippen LogP contribution in [0.3, 0.4) is 0 Å². The Balaban J connectivity index is 4.19. The van der Waals surface area contributed by atoms with Gasteiger partial charge in [0, 0.05) is 12.6 Å². The van der Waals surface area contributed by atoms with E-state index >= 15 is 0 Å². The van der Waals surface area contributed by atoms with Crippen molar-refractivity contribution >= 4 is 5.91 Å². The highest BCUT2D eigenvalue weighted by molar-refractivity contribution is 5.87. The summed E-state index contributed by atoms with van der Waals surface area (Å²) in [4.78, 5) is 12.8. The summed E-state index contributed by atoms with van der Waals surface area (Å²) in [6.07, 6.45) is 3.03. The number of hydrogen-bond donors (Lipinski definition) is 0. The molecule has 0 saturated heterocycles. The van der Waals surface area contributed by atoms with Gasteiger partial charge in [0.05, 0.1) is 0 Å². The summed E-state index contributed by atoms with van der Waals surface area (Å²) in [7, 11) is 0. The van der Waals surface area contributed by atoms with Crippen LogP contribution in [0.15, 0.2) is 25.3 Å². The molecule has 0 fully saturated rings. The normalized spacial score (nSPS) is 9.36. The molecule has 0 aliphatic rings. The van der Waals surface area contributed by atoms with E-state index in [0.717, 1.165) is 0 Å². The van der Waals surface area contributed by atoms with Gasteiger partial charge in [0.25, 0.3) is 0 Å². The molecule has 0 unspecified atom stereocenters. The zero-order valence-corrected chi connectivity index (χ0v) is 7.21. The summed E-state index contributed by atoms with van der Waals surface area (Å²) in [5.41, 5.74) is 0. The first-order chi connectivity index (χ1) is 5.13. The van der Waals surface area contributed by atoms with E-state index in [1.165, 1.54) is 6.08 Å². The van der Waals surface area contributed by atoms with Crippen LogP contribution in [0.5, 0.6) is 0 Å². The summed E-state index contributed by atoms with van der Waals surface area (Å²) in [6.45, 7) is 11.5. The smallest absolute Gasteiger partial charge is 0.246 e. The van der Waals surface area contributed by atoms with Crippen LogP contribution in [0.4, 0.5) is 0 Å². The first kappa shape index (κ1) is 9.95. The summed E-state index contributed by atoms with van der Waals surface area (Å²) < 4.78 is 0. The maximum absolute atomic E-state index is 11.1. The van der Waals surface area contributed by atoms with Crippen LogP contribution < -0.4 is 0 Å². The molecule has 0 aromatic carbocycles. The van der Waals surface area contributed by atoms with Gasteiger partial charge in [-0.05, 0) is 19.9 Å². The second kappa shape index (κ2) is 4.72. The average molecular weight is 153 g/mol. The number of hydrogen-bond acceptors (Lipinski definition) is 1. The monoisotopic (exact) mass is 153 g/mol. The summed E-state index contributed by atoms with van der Waals surface area (Å²) >= 11 is 0. The first-order valence-electron chi connectivity index (χ1n) is 3.67. The molecule has 0 spiro atoms. The van der Waals surface area contributed by atoms with Gasteiger partial charge in [-0.25, -0.2) is 0 Å². The SMILES string of the molecule is C=CCN(C(=O)C=C)C(C)C. The Hall–Kier alpha value is -1.05. The molecule has 0 rings (SSSR count). The fourth-order valence-corrected chi connectivity index (χ4v) is 0.812. The van der Waals surface area contributed by atoms with Gasteiger partial charge in [-0.1, -0.05) is 12.7 Å². The standard InChI is InChI=1S/C9H15NO/c1-5-7-10(8(3)4)9(11)6-2/h5-6,8H,1-2,7H2,3-4H3. The summed E-state index contributed by atoms with van der Waals surface area (Å²) in [5, 5.41) is 0. The van der Waals surface area contributed by atoms with Crippen molar-refractivity contribution in [2.45, 2.75) is 19.9 Å². The van der Waals surface area contributed by atoms with Crippen molar-refractivity contribution in [3.63, 3.8) is 0 Å². The van der Waals surface area contributed by atoms with E-state index in [0.29, 0.717) is 6.54 Å². The molecular formula is C9H15NO. The van der Waals surface area contributed by atoms with E-state index < -0.39 is 0 Å². The molecule has 1 amide bonds. The lowest BCUT2D eigenvalue weighted by molar-refractivity contribution is -0.127. The molecular weight excluding hydrogens is 138 g/mol. The molecule has 0 bridgehead atoms. The molecule has 0 aromatic rings. The van der Waals surface area contributed by atoms with Crippen LogP contribution in [0.2, 0.25) is 0 Å². The fourth-order valence-electron chi connectivity index (χ4n) is 0.812. The molecule has 0 aliphatic carbocycles. The predicted octanol–water partition coefficient (Wildman–Crippen LogP) is 1.60. The Kier molecular flexibility index (Phi) is 4.27. The van der Waals surface area contributed by atoms with Gasteiger partial charge in [-0.15, -0.1) is 6.58 Å². The lowest BCUT2D eigenvalue weighted by Gasteiger charge is -2.23. The minimum absolute atomic E-state index is 0.0418. The third kappa shape index (κ3) is 3.03. The van der Waals surface area contributed by atoms with Crippen LogP contribution in [0.25, 0.3) is 0 Å². The van der Waals surface area contributed by atoms with E-state index in [9.17, 15) is 4.79 Å². The average Bonchev–Trinajstić information content (AvgIpc) is 1.98. The molecule has 2 heteroatoms. The highest BCUT2D eigenvalue weighted by Crippen LogP contribution is 1.98. The molecule has 0 atom stereocenters. The topological polar surface area (TPSA) is 20.3 Å². The van der Waals surface area contributed by atoms with E-state index in [1.54, 1.807) is 11.0 Å². The Bertz CT molecular complexity index is 161. The lowest BCUT2D eigenvalue weighted by atomic mass is 10.3. The minimum atomic E-state index is -0.0418. The first-order valence-corrected chi connectivity index (χ1v) is 3.67. The zero-order valence-electron chi connectivity index (χ0n) is 7.21. The van der Waals surface area contributed by atoms with Gasteiger partial charge in [0.15, 0.2) is 0 Å². The van der Waals surface area contributed by atoms with Gasteiger partial charge in [0.2, 0.25) is 5.91 Å². The number of amides is 1. The number of rotatable bonds is 4. The maximum Gasteiger partial charge on any atom is 0.246 e. The third-order valence-electron chi connectivity index (χ3n) is 1.41. The highest BCUT2D eigenvalue weighted by atomic mass is 16.2. The second-order valence-electron chi connectivity index (χ2n) is 2.58. The predicted molar refractivity (Wildman–Crippen MR) is 47.2 cm³/mol. The zero-order chi connectivity index (χ0) is 8.85.